The average Bonchev–Trinajstić information content (AvgIpc) is 2.69. The first-order valence-corrected chi connectivity index (χ1v) is 6.03. The van der Waals surface area contributed by atoms with Gasteiger partial charge in [-0.25, -0.2) is 0 Å². The van der Waals surface area contributed by atoms with Crippen molar-refractivity contribution >= 4 is 29.2 Å². The molecule has 0 aliphatic carbocycles. The molecular weight excluding hydrogens is 236 g/mol. The molecule has 1 aromatic heterocycles. The number of aryl methyl sites for hydroxylation is 1. The van der Waals surface area contributed by atoms with Crippen LogP contribution in [0, 0.1) is 6.92 Å². The monoisotopic (exact) mass is 252 g/mol. The fraction of sp³-hybridized carbons (Fsp3) is 0.333. The molecule has 0 saturated carbocycles. The summed E-state index contributed by atoms with van der Waals surface area (Å²) in [6, 6.07) is 3.95. The summed E-state index contributed by atoms with van der Waals surface area (Å²) in [5.74, 6) is -0.384. The first-order chi connectivity index (χ1) is 7.99. The Bertz CT molecular complexity index is 435. The Morgan fingerprint density at radius 1 is 1.41 bits per heavy atom. The second kappa shape index (κ2) is 6.20. The Morgan fingerprint density at radius 2 is 2.12 bits per heavy atom. The van der Waals surface area contributed by atoms with Crippen molar-refractivity contribution in [3.05, 3.63) is 28.0 Å². The van der Waals surface area contributed by atoms with Crippen LogP contribution in [0.4, 0.5) is 0 Å². The van der Waals surface area contributed by atoms with E-state index in [1.165, 1.54) is 15.9 Å². The fourth-order valence-electron chi connectivity index (χ4n) is 1.08. The minimum atomic E-state index is -0.258. The van der Waals surface area contributed by atoms with Crippen molar-refractivity contribution in [3.8, 4) is 0 Å². The predicted octanol–water partition coefficient (Wildman–Crippen LogP) is 1.27. The zero-order valence-corrected chi connectivity index (χ0v) is 11.0. The van der Waals surface area contributed by atoms with Crippen molar-refractivity contribution in [1.82, 2.24) is 10.2 Å². The Balaban J connectivity index is 2.40. The molecule has 0 atom stereocenters. The first-order valence-electron chi connectivity index (χ1n) is 5.21. The SMILES string of the molecule is Cc1ccc(C=CC(=O)NCC(=O)N(C)C)s1. The van der Waals surface area contributed by atoms with Crippen LogP contribution in [0.1, 0.15) is 9.75 Å². The number of rotatable bonds is 4. The van der Waals surface area contributed by atoms with Gasteiger partial charge in [-0.1, -0.05) is 0 Å². The molecule has 0 aliphatic heterocycles. The van der Waals surface area contributed by atoms with E-state index < -0.39 is 0 Å². The average molecular weight is 252 g/mol. The molecule has 1 aromatic rings. The molecule has 92 valence electrons. The van der Waals surface area contributed by atoms with E-state index in [-0.39, 0.29) is 18.4 Å². The van der Waals surface area contributed by atoms with Crippen molar-refractivity contribution in [2.45, 2.75) is 6.92 Å². The van der Waals surface area contributed by atoms with Crippen LogP contribution in [0.15, 0.2) is 18.2 Å². The third-order valence-electron chi connectivity index (χ3n) is 2.07. The fourth-order valence-corrected chi connectivity index (χ4v) is 1.86. The van der Waals surface area contributed by atoms with Gasteiger partial charge in [0.1, 0.15) is 0 Å². The molecule has 0 bridgehead atoms. The van der Waals surface area contributed by atoms with Crippen molar-refractivity contribution in [3.63, 3.8) is 0 Å². The zero-order chi connectivity index (χ0) is 12.8. The predicted molar refractivity (Wildman–Crippen MR) is 69.8 cm³/mol. The van der Waals surface area contributed by atoms with Gasteiger partial charge in [0.05, 0.1) is 6.54 Å². The minimum Gasteiger partial charge on any atom is -0.347 e. The summed E-state index contributed by atoms with van der Waals surface area (Å²) < 4.78 is 0. The number of carbonyl (C=O) groups is 2. The summed E-state index contributed by atoms with van der Waals surface area (Å²) >= 11 is 1.62. The van der Waals surface area contributed by atoms with E-state index in [1.54, 1.807) is 31.5 Å². The topological polar surface area (TPSA) is 49.4 Å². The smallest absolute Gasteiger partial charge is 0.244 e. The van der Waals surface area contributed by atoms with E-state index in [1.807, 2.05) is 19.1 Å². The largest absolute Gasteiger partial charge is 0.347 e. The number of amides is 2. The van der Waals surface area contributed by atoms with Gasteiger partial charge in [-0.2, -0.15) is 0 Å². The van der Waals surface area contributed by atoms with E-state index >= 15 is 0 Å². The summed E-state index contributed by atoms with van der Waals surface area (Å²) in [5.41, 5.74) is 0. The van der Waals surface area contributed by atoms with Crippen LogP contribution >= 0.6 is 11.3 Å². The summed E-state index contributed by atoms with van der Waals surface area (Å²) in [6.45, 7) is 2.04. The van der Waals surface area contributed by atoms with Crippen LogP contribution in [0.5, 0.6) is 0 Å². The lowest BCUT2D eigenvalue weighted by atomic mass is 10.4. The number of hydrogen-bond acceptors (Lipinski definition) is 3. The van der Waals surface area contributed by atoms with Gasteiger partial charge < -0.3 is 10.2 Å². The van der Waals surface area contributed by atoms with Crippen LogP contribution in [0.3, 0.4) is 0 Å². The number of hydrogen-bond donors (Lipinski definition) is 1. The standard InChI is InChI=1S/C12H16N2O2S/c1-9-4-5-10(17-9)6-7-11(15)13-8-12(16)14(2)3/h4-7H,8H2,1-3H3,(H,13,15). The van der Waals surface area contributed by atoms with E-state index in [0.717, 1.165) is 4.88 Å². The molecule has 1 heterocycles. The normalized spacial score (nSPS) is 10.5. The highest BCUT2D eigenvalue weighted by Crippen LogP contribution is 2.16. The summed E-state index contributed by atoms with van der Waals surface area (Å²) in [7, 11) is 3.30. The third-order valence-corrected chi connectivity index (χ3v) is 3.04. The maximum atomic E-state index is 11.4. The molecule has 0 spiro atoms. The summed E-state index contributed by atoms with van der Waals surface area (Å²) in [6.07, 6.45) is 3.18. The van der Waals surface area contributed by atoms with E-state index in [9.17, 15) is 9.59 Å². The van der Waals surface area contributed by atoms with Gasteiger partial charge in [0, 0.05) is 29.9 Å². The van der Waals surface area contributed by atoms with Crippen molar-refractivity contribution in [2.24, 2.45) is 0 Å². The van der Waals surface area contributed by atoms with Crippen LogP contribution in [-0.4, -0.2) is 37.4 Å². The van der Waals surface area contributed by atoms with Crippen LogP contribution < -0.4 is 5.32 Å². The molecule has 0 radical (unpaired) electrons. The molecule has 1 N–H and O–H groups in total. The highest BCUT2D eigenvalue weighted by Gasteiger charge is 2.04. The number of nitrogens with zero attached hydrogens (tertiary/aromatic N) is 1. The number of carbonyl (C=O) groups excluding carboxylic acids is 2. The molecule has 1 rings (SSSR count). The maximum Gasteiger partial charge on any atom is 0.244 e. The van der Waals surface area contributed by atoms with Crippen molar-refractivity contribution in [2.75, 3.05) is 20.6 Å². The van der Waals surface area contributed by atoms with Crippen molar-refractivity contribution < 1.29 is 9.59 Å². The highest BCUT2D eigenvalue weighted by atomic mass is 32.1. The second-order valence-electron chi connectivity index (χ2n) is 3.79. The van der Waals surface area contributed by atoms with Gasteiger partial charge in [0.2, 0.25) is 11.8 Å². The quantitative estimate of drug-likeness (QED) is 0.821. The lowest BCUT2D eigenvalue weighted by Crippen LogP contribution is -2.35. The van der Waals surface area contributed by atoms with Gasteiger partial charge in [-0.15, -0.1) is 11.3 Å². The zero-order valence-electron chi connectivity index (χ0n) is 10.2. The Kier molecular flexibility index (Phi) is 4.90. The molecule has 0 aliphatic rings. The second-order valence-corrected chi connectivity index (χ2v) is 5.11. The molecule has 4 nitrogen and oxygen atoms in total. The van der Waals surface area contributed by atoms with Gasteiger partial charge in [0.15, 0.2) is 0 Å². The van der Waals surface area contributed by atoms with Crippen LogP contribution in [-0.2, 0) is 9.59 Å². The number of thiophene rings is 1. The first kappa shape index (κ1) is 13.4. The minimum absolute atomic E-state index is 0.0274. The lowest BCUT2D eigenvalue weighted by molar-refractivity contribution is -0.129. The molecule has 0 fully saturated rings. The molecular formula is C12H16N2O2S. The Morgan fingerprint density at radius 3 is 2.65 bits per heavy atom. The molecule has 5 heteroatoms. The van der Waals surface area contributed by atoms with E-state index in [4.69, 9.17) is 0 Å². The van der Waals surface area contributed by atoms with Crippen LogP contribution in [0.25, 0.3) is 6.08 Å². The summed E-state index contributed by atoms with van der Waals surface area (Å²) in [4.78, 5) is 26.3. The summed E-state index contributed by atoms with van der Waals surface area (Å²) in [5, 5.41) is 2.53. The highest BCUT2D eigenvalue weighted by molar-refractivity contribution is 7.12. The molecule has 17 heavy (non-hydrogen) atoms. The third kappa shape index (κ3) is 4.82. The molecule has 2 amide bonds. The van der Waals surface area contributed by atoms with Gasteiger partial charge in [-0.3, -0.25) is 9.59 Å². The Hall–Kier alpha value is -1.62. The number of nitrogens with one attached hydrogen (secondary N) is 1. The molecule has 0 saturated heterocycles. The maximum absolute atomic E-state index is 11.4. The lowest BCUT2D eigenvalue weighted by Gasteiger charge is -2.09. The van der Waals surface area contributed by atoms with Crippen LogP contribution in [0.2, 0.25) is 0 Å². The van der Waals surface area contributed by atoms with Gasteiger partial charge >= 0.3 is 0 Å². The molecule has 0 aromatic carbocycles. The van der Waals surface area contributed by atoms with Gasteiger partial charge in [-0.05, 0) is 25.1 Å². The Labute approximate surface area is 105 Å². The van der Waals surface area contributed by atoms with Crippen molar-refractivity contribution in [1.29, 1.82) is 0 Å². The van der Waals surface area contributed by atoms with Gasteiger partial charge in [0.25, 0.3) is 0 Å². The molecule has 0 unspecified atom stereocenters. The van der Waals surface area contributed by atoms with E-state index in [2.05, 4.69) is 5.32 Å². The van der Waals surface area contributed by atoms with E-state index in [0.29, 0.717) is 0 Å². The number of likely N-dealkylation sites (N-methyl/N-ethyl adjacent to an activating group) is 1.